The van der Waals surface area contributed by atoms with E-state index < -0.39 is 0 Å². The minimum absolute atomic E-state index is 0.327. The summed E-state index contributed by atoms with van der Waals surface area (Å²) in [6.07, 6.45) is 2.44. The fraction of sp³-hybridized carbons (Fsp3) is 0.333. The maximum Gasteiger partial charge on any atom is 0.274 e. The molecule has 0 heterocycles. The van der Waals surface area contributed by atoms with Crippen molar-refractivity contribution in [2.24, 2.45) is 0 Å². The van der Waals surface area contributed by atoms with Gasteiger partial charge in [0.1, 0.15) is 0 Å². The van der Waals surface area contributed by atoms with Gasteiger partial charge in [0.05, 0.1) is 0 Å². The van der Waals surface area contributed by atoms with Gasteiger partial charge >= 0.3 is 0 Å². The van der Waals surface area contributed by atoms with Crippen LogP contribution < -0.4 is 5.43 Å². The van der Waals surface area contributed by atoms with E-state index >= 15 is 0 Å². The minimum Gasteiger partial charge on any atom is -0.277 e. The van der Waals surface area contributed by atoms with E-state index in [2.05, 4.69) is 5.43 Å². The first-order chi connectivity index (χ1) is 7.79. The smallest absolute Gasteiger partial charge is 0.274 e. The minimum atomic E-state index is -0.327. The molecule has 0 aliphatic rings. The summed E-state index contributed by atoms with van der Waals surface area (Å²) in [5.74, 6) is -0.327. The van der Waals surface area contributed by atoms with Crippen LogP contribution in [0.2, 0.25) is 0 Å². The van der Waals surface area contributed by atoms with Gasteiger partial charge in [-0.25, -0.2) is 10.4 Å². The predicted octanol–water partition coefficient (Wildman–Crippen LogP) is 1.59. The van der Waals surface area contributed by atoms with Crippen LogP contribution in [0.25, 0.3) is 0 Å². The number of carbonyl (C=O) groups excluding carboxylic acids is 2. The molecule has 0 aromatic heterocycles. The number of carbonyl (C=O) groups is 2. The molecule has 0 spiro atoms. The highest BCUT2D eigenvalue weighted by atomic mass is 16.2. The molecule has 1 aromatic rings. The molecule has 1 N–H and O–H groups in total. The lowest BCUT2D eigenvalue weighted by atomic mass is 10.2. The first-order valence-electron chi connectivity index (χ1n) is 5.37. The summed E-state index contributed by atoms with van der Waals surface area (Å²) in [5.41, 5.74) is 3.28. The third kappa shape index (κ3) is 3.47. The summed E-state index contributed by atoms with van der Waals surface area (Å²) in [5, 5.41) is 0.991. The maximum atomic E-state index is 11.8. The van der Waals surface area contributed by atoms with Gasteiger partial charge in [0.2, 0.25) is 6.41 Å². The van der Waals surface area contributed by atoms with E-state index in [-0.39, 0.29) is 5.91 Å². The van der Waals surface area contributed by atoms with Gasteiger partial charge < -0.3 is 0 Å². The van der Waals surface area contributed by atoms with Crippen molar-refractivity contribution in [2.75, 3.05) is 6.54 Å². The van der Waals surface area contributed by atoms with Gasteiger partial charge in [-0.3, -0.25) is 9.59 Å². The van der Waals surface area contributed by atoms with Crippen LogP contribution in [0.4, 0.5) is 0 Å². The van der Waals surface area contributed by atoms with Crippen LogP contribution in [-0.4, -0.2) is 23.9 Å². The monoisotopic (exact) mass is 220 g/mol. The summed E-state index contributed by atoms with van der Waals surface area (Å²) in [4.78, 5) is 22.6. The number of hydrogen-bond acceptors (Lipinski definition) is 3. The molecule has 0 atom stereocenters. The highest BCUT2D eigenvalue weighted by molar-refractivity contribution is 5.99. The lowest BCUT2D eigenvalue weighted by Crippen LogP contribution is -2.42. The molecular weight excluding hydrogens is 204 g/mol. The number of amides is 2. The average molecular weight is 220 g/mol. The molecule has 4 heteroatoms. The molecule has 0 radical (unpaired) electrons. The Kier molecular flexibility index (Phi) is 5.22. The normalized spacial score (nSPS) is 9.81. The van der Waals surface area contributed by atoms with E-state index in [0.29, 0.717) is 18.5 Å². The molecule has 16 heavy (non-hydrogen) atoms. The molecule has 0 saturated carbocycles. The molecule has 0 aliphatic heterocycles. The number of hydrogen-bond donors (Lipinski definition) is 1. The molecule has 0 aliphatic carbocycles. The lowest BCUT2D eigenvalue weighted by molar-refractivity contribution is -0.118. The number of rotatable bonds is 6. The van der Waals surface area contributed by atoms with Crippen LogP contribution in [0.15, 0.2) is 30.3 Å². The summed E-state index contributed by atoms with van der Waals surface area (Å²) >= 11 is 0. The van der Waals surface area contributed by atoms with Crippen molar-refractivity contribution >= 4 is 12.3 Å². The molecule has 2 amide bonds. The van der Waals surface area contributed by atoms with Crippen LogP contribution in [-0.2, 0) is 4.79 Å². The fourth-order valence-electron chi connectivity index (χ4n) is 1.25. The number of benzene rings is 1. The number of nitrogens with one attached hydrogen (secondary N) is 1. The molecular formula is C12H16N2O2. The number of unbranched alkanes of at least 4 members (excludes halogenated alkanes) is 1. The van der Waals surface area contributed by atoms with Gasteiger partial charge in [0.15, 0.2) is 0 Å². The van der Waals surface area contributed by atoms with E-state index in [1.807, 2.05) is 13.0 Å². The standard InChI is InChI=1S/C12H16N2O2/c1-2-3-9-13-14(10-15)12(16)11-7-5-4-6-8-11/h4-8,10,13H,2-3,9H2,1H3. The highest BCUT2D eigenvalue weighted by Crippen LogP contribution is 2.01. The van der Waals surface area contributed by atoms with Crippen molar-refractivity contribution in [1.29, 1.82) is 0 Å². The Morgan fingerprint density at radius 2 is 2.06 bits per heavy atom. The number of hydrazine groups is 1. The van der Waals surface area contributed by atoms with Crippen molar-refractivity contribution in [3.05, 3.63) is 35.9 Å². The molecule has 0 fully saturated rings. The third-order valence-corrected chi connectivity index (χ3v) is 2.16. The van der Waals surface area contributed by atoms with Gasteiger partial charge in [-0.2, -0.15) is 0 Å². The van der Waals surface area contributed by atoms with E-state index in [0.717, 1.165) is 17.9 Å². The van der Waals surface area contributed by atoms with Crippen LogP contribution in [0, 0.1) is 0 Å². The second kappa shape index (κ2) is 6.74. The molecule has 0 unspecified atom stereocenters. The SMILES string of the molecule is CCCCNN(C=O)C(=O)c1ccccc1. The number of imide groups is 1. The first-order valence-corrected chi connectivity index (χ1v) is 5.37. The second-order valence-electron chi connectivity index (χ2n) is 3.41. The van der Waals surface area contributed by atoms with Crippen molar-refractivity contribution < 1.29 is 9.59 Å². The molecule has 4 nitrogen and oxygen atoms in total. The van der Waals surface area contributed by atoms with E-state index in [9.17, 15) is 9.59 Å². The molecule has 1 aromatic carbocycles. The van der Waals surface area contributed by atoms with Crippen molar-refractivity contribution in [2.45, 2.75) is 19.8 Å². The highest BCUT2D eigenvalue weighted by Gasteiger charge is 2.13. The Labute approximate surface area is 95.2 Å². The van der Waals surface area contributed by atoms with Gasteiger partial charge in [0, 0.05) is 12.1 Å². The second-order valence-corrected chi connectivity index (χ2v) is 3.41. The van der Waals surface area contributed by atoms with Crippen LogP contribution >= 0.6 is 0 Å². The molecule has 86 valence electrons. The molecule has 0 saturated heterocycles. The zero-order chi connectivity index (χ0) is 11.8. The average Bonchev–Trinajstić information content (AvgIpc) is 2.35. The Balaban J connectivity index is 2.59. The van der Waals surface area contributed by atoms with Crippen LogP contribution in [0.3, 0.4) is 0 Å². The van der Waals surface area contributed by atoms with Gasteiger partial charge in [-0.15, -0.1) is 0 Å². The van der Waals surface area contributed by atoms with Crippen molar-refractivity contribution in [3.63, 3.8) is 0 Å². The summed E-state index contributed by atoms with van der Waals surface area (Å²) in [6.45, 7) is 2.67. The Bertz CT molecular complexity index is 338. The predicted molar refractivity (Wildman–Crippen MR) is 61.6 cm³/mol. The Morgan fingerprint density at radius 1 is 1.38 bits per heavy atom. The Morgan fingerprint density at radius 3 is 2.62 bits per heavy atom. The third-order valence-electron chi connectivity index (χ3n) is 2.16. The zero-order valence-corrected chi connectivity index (χ0v) is 9.35. The van der Waals surface area contributed by atoms with E-state index in [1.165, 1.54) is 0 Å². The number of nitrogens with zero attached hydrogens (tertiary/aromatic N) is 1. The largest absolute Gasteiger partial charge is 0.277 e. The summed E-state index contributed by atoms with van der Waals surface area (Å²) in [6, 6.07) is 8.72. The van der Waals surface area contributed by atoms with Gasteiger partial charge in [-0.05, 0) is 18.6 Å². The van der Waals surface area contributed by atoms with Crippen LogP contribution in [0.1, 0.15) is 30.1 Å². The van der Waals surface area contributed by atoms with E-state index in [4.69, 9.17) is 0 Å². The maximum absolute atomic E-state index is 11.8. The quantitative estimate of drug-likeness (QED) is 0.450. The molecule has 1 rings (SSSR count). The topological polar surface area (TPSA) is 49.4 Å². The summed E-state index contributed by atoms with van der Waals surface area (Å²) < 4.78 is 0. The summed E-state index contributed by atoms with van der Waals surface area (Å²) in [7, 11) is 0. The fourth-order valence-corrected chi connectivity index (χ4v) is 1.25. The van der Waals surface area contributed by atoms with E-state index in [1.54, 1.807) is 24.3 Å². The van der Waals surface area contributed by atoms with Gasteiger partial charge in [-0.1, -0.05) is 31.5 Å². The van der Waals surface area contributed by atoms with Crippen LogP contribution in [0.5, 0.6) is 0 Å². The zero-order valence-electron chi connectivity index (χ0n) is 9.35. The molecule has 0 bridgehead atoms. The Hall–Kier alpha value is -1.68. The first kappa shape index (κ1) is 12.4. The van der Waals surface area contributed by atoms with Crippen molar-refractivity contribution in [3.8, 4) is 0 Å². The van der Waals surface area contributed by atoms with Crippen molar-refractivity contribution in [1.82, 2.24) is 10.4 Å². The lowest BCUT2D eigenvalue weighted by Gasteiger charge is -2.16. The van der Waals surface area contributed by atoms with Gasteiger partial charge in [0.25, 0.3) is 5.91 Å².